The van der Waals surface area contributed by atoms with Crippen molar-refractivity contribution >= 4 is 33.9 Å². The largest absolute Gasteiger partial charge is 0.465 e. The summed E-state index contributed by atoms with van der Waals surface area (Å²) in [6.45, 7) is -0.307. The molecular formula is C16H11N3O7S. The van der Waals surface area contributed by atoms with Crippen LogP contribution in [0.15, 0.2) is 40.6 Å². The second kappa shape index (κ2) is 7.33. The number of nitrogens with zero attached hydrogens (tertiary/aromatic N) is 3. The highest BCUT2D eigenvalue weighted by Crippen LogP contribution is 2.19. The normalized spacial score (nSPS) is 10.6. The van der Waals surface area contributed by atoms with Crippen LogP contribution in [0.25, 0.3) is 4.96 Å². The summed E-state index contributed by atoms with van der Waals surface area (Å²) < 4.78 is 10.9. The second-order valence-corrected chi connectivity index (χ2v) is 6.11. The molecule has 0 atom stereocenters. The number of aromatic nitrogens is 2. The molecule has 11 heteroatoms. The van der Waals surface area contributed by atoms with Gasteiger partial charge in [0.05, 0.1) is 28.9 Å². The molecule has 0 saturated carbocycles. The van der Waals surface area contributed by atoms with Gasteiger partial charge in [-0.15, -0.1) is 11.3 Å². The first-order valence-corrected chi connectivity index (χ1v) is 8.27. The standard InChI is InChI=1S/C16H11N3O7S/c1-25-14(21)9-4-10(6-12(5-9)19(23)24)15(22)26-8-11-7-13(20)18-2-3-27-16(18)17-11/h2-7H,8H2,1H3. The van der Waals surface area contributed by atoms with Crippen LogP contribution in [0.1, 0.15) is 26.4 Å². The summed E-state index contributed by atoms with van der Waals surface area (Å²) in [5.74, 6) is -1.73. The minimum Gasteiger partial charge on any atom is -0.465 e. The fraction of sp³-hybridized carbons (Fsp3) is 0.125. The zero-order chi connectivity index (χ0) is 19.6. The number of benzene rings is 1. The summed E-state index contributed by atoms with van der Waals surface area (Å²) in [4.78, 5) is 50.7. The molecule has 0 aliphatic heterocycles. The number of esters is 2. The lowest BCUT2D eigenvalue weighted by molar-refractivity contribution is -0.384. The first kappa shape index (κ1) is 18.2. The number of nitro benzene ring substituents is 1. The van der Waals surface area contributed by atoms with E-state index in [1.165, 1.54) is 21.8 Å². The van der Waals surface area contributed by atoms with Crippen LogP contribution < -0.4 is 5.56 Å². The van der Waals surface area contributed by atoms with Gasteiger partial charge in [-0.3, -0.25) is 19.3 Å². The Hall–Kier alpha value is -3.60. The van der Waals surface area contributed by atoms with Crippen LogP contribution in [0.3, 0.4) is 0 Å². The molecule has 2 aromatic heterocycles. The number of nitro groups is 1. The molecule has 0 bridgehead atoms. The van der Waals surface area contributed by atoms with Gasteiger partial charge in [0.15, 0.2) is 4.96 Å². The number of hydrogen-bond acceptors (Lipinski definition) is 9. The molecule has 0 saturated heterocycles. The minimum atomic E-state index is -0.906. The first-order valence-electron chi connectivity index (χ1n) is 7.40. The van der Waals surface area contributed by atoms with Crippen LogP contribution in [0.5, 0.6) is 0 Å². The molecule has 0 fully saturated rings. The Kier molecular flexibility index (Phi) is 4.94. The fourth-order valence-electron chi connectivity index (χ4n) is 2.25. The van der Waals surface area contributed by atoms with E-state index in [4.69, 9.17) is 4.74 Å². The zero-order valence-corrected chi connectivity index (χ0v) is 14.6. The molecule has 3 aromatic rings. The van der Waals surface area contributed by atoms with Crippen LogP contribution in [0.2, 0.25) is 0 Å². The van der Waals surface area contributed by atoms with E-state index in [9.17, 15) is 24.5 Å². The Balaban J connectivity index is 1.84. The summed E-state index contributed by atoms with van der Waals surface area (Å²) in [6, 6.07) is 4.33. The zero-order valence-electron chi connectivity index (χ0n) is 13.8. The molecular weight excluding hydrogens is 378 g/mol. The maximum atomic E-state index is 12.2. The molecule has 138 valence electrons. The van der Waals surface area contributed by atoms with Crippen LogP contribution in [0.4, 0.5) is 5.69 Å². The van der Waals surface area contributed by atoms with E-state index < -0.39 is 22.5 Å². The summed E-state index contributed by atoms with van der Waals surface area (Å²) in [5.41, 5.74) is -0.903. The molecule has 0 aliphatic carbocycles. The quantitative estimate of drug-likeness (QED) is 0.367. The highest BCUT2D eigenvalue weighted by atomic mass is 32.1. The summed E-state index contributed by atoms with van der Waals surface area (Å²) in [5, 5.41) is 12.7. The molecule has 0 N–H and O–H groups in total. The predicted octanol–water partition coefficient (Wildman–Crippen LogP) is 1.81. The SMILES string of the molecule is COC(=O)c1cc(C(=O)OCc2cc(=O)n3ccsc3n2)cc([N+](=O)[O-])c1. The predicted molar refractivity (Wildman–Crippen MR) is 92.9 cm³/mol. The lowest BCUT2D eigenvalue weighted by Crippen LogP contribution is -2.15. The van der Waals surface area contributed by atoms with Gasteiger partial charge >= 0.3 is 11.9 Å². The van der Waals surface area contributed by atoms with E-state index in [0.717, 1.165) is 25.3 Å². The van der Waals surface area contributed by atoms with E-state index in [0.29, 0.717) is 4.96 Å². The lowest BCUT2D eigenvalue weighted by Gasteiger charge is -2.06. The average molecular weight is 389 g/mol. The van der Waals surface area contributed by atoms with Crippen molar-refractivity contribution < 1.29 is 24.0 Å². The third kappa shape index (κ3) is 3.82. The Morgan fingerprint density at radius 2 is 1.93 bits per heavy atom. The number of ether oxygens (including phenoxy) is 2. The van der Waals surface area contributed by atoms with E-state index in [2.05, 4.69) is 9.72 Å². The molecule has 2 heterocycles. The third-order valence-corrected chi connectivity index (χ3v) is 4.25. The Labute approximate surface area is 154 Å². The van der Waals surface area contributed by atoms with Crippen LogP contribution >= 0.6 is 11.3 Å². The van der Waals surface area contributed by atoms with Crippen molar-refractivity contribution in [3.8, 4) is 0 Å². The topological polar surface area (TPSA) is 130 Å². The number of non-ortho nitro benzene ring substituents is 1. The molecule has 0 radical (unpaired) electrons. The number of carbonyl (C=O) groups excluding carboxylic acids is 2. The van der Waals surface area contributed by atoms with Crippen molar-refractivity contribution in [2.75, 3.05) is 7.11 Å². The first-order chi connectivity index (χ1) is 12.9. The van der Waals surface area contributed by atoms with Crippen molar-refractivity contribution in [1.82, 2.24) is 9.38 Å². The maximum absolute atomic E-state index is 12.2. The van der Waals surface area contributed by atoms with Gasteiger partial charge in [-0.25, -0.2) is 14.6 Å². The molecule has 27 heavy (non-hydrogen) atoms. The van der Waals surface area contributed by atoms with Crippen LogP contribution in [-0.4, -0.2) is 33.4 Å². The van der Waals surface area contributed by atoms with Crippen molar-refractivity contribution in [3.05, 3.63) is 73.1 Å². The van der Waals surface area contributed by atoms with E-state index in [1.807, 2.05) is 0 Å². The summed E-state index contributed by atoms with van der Waals surface area (Å²) in [7, 11) is 1.12. The average Bonchev–Trinajstić information content (AvgIpc) is 3.14. The second-order valence-electron chi connectivity index (χ2n) is 5.23. The van der Waals surface area contributed by atoms with Crippen molar-refractivity contribution in [3.63, 3.8) is 0 Å². The molecule has 0 spiro atoms. The lowest BCUT2D eigenvalue weighted by atomic mass is 10.1. The molecule has 0 amide bonds. The number of methoxy groups -OCH3 is 1. The van der Waals surface area contributed by atoms with Gasteiger partial charge in [-0.1, -0.05) is 0 Å². The number of hydrogen-bond donors (Lipinski definition) is 0. The Bertz CT molecular complexity index is 1120. The van der Waals surface area contributed by atoms with Crippen molar-refractivity contribution in [2.45, 2.75) is 6.61 Å². The van der Waals surface area contributed by atoms with Gasteiger partial charge < -0.3 is 9.47 Å². The third-order valence-electron chi connectivity index (χ3n) is 3.49. The number of thiazole rings is 1. The van der Waals surface area contributed by atoms with Gasteiger partial charge in [0.2, 0.25) is 0 Å². The van der Waals surface area contributed by atoms with Crippen molar-refractivity contribution in [2.24, 2.45) is 0 Å². The van der Waals surface area contributed by atoms with Gasteiger partial charge in [0.25, 0.3) is 11.2 Å². The molecule has 10 nitrogen and oxygen atoms in total. The van der Waals surface area contributed by atoms with Gasteiger partial charge in [-0.2, -0.15) is 0 Å². The highest BCUT2D eigenvalue weighted by Gasteiger charge is 2.19. The summed E-state index contributed by atoms with van der Waals surface area (Å²) >= 11 is 1.24. The number of fused-ring (bicyclic) bond motifs is 1. The van der Waals surface area contributed by atoms with Gasteiger partial charge in [-0.05, 0) is 6.07 Å². The number of rotatable bonds is 5. The monoisotopic (exact) mass is 389 g/mol. The highest BCUT2D eigenvalue weighted by molar-refractivity contribution is 7.15. The Morgan fingerprint density at radius 1 is 1.22 bits per heavy atom. The van der Waals surface area contributed by atoms with E-state index >= 15 is 0 Å². The molecule has 0 unspecified atom stereocenters. The minimum absolute atomic E-state index is 0.157. The fourth-order valence-corrected chi connectivity index (χ4v) is 2.99. The molecule has 1 aromatic carbocycles. The Morgan fingerprint density at radius 3 is 2.59 bits per heavy atom. The summed E-state index contributed by atoms with van der Waals surface area (Å²) in [6.07, 6.45) is 1.57. The van der Waals surface area contributed by atoms with Gasteiger partial charge in [0, 0.05) is 29.8 Å². The molecule has 3 rings (SSSR count). The van der Waals surface area contributed by atoms with Crippen molar-refractivity contribution in [1.29, 1.82) is 0 Å². The number of carbonyl (C=O) groups is 2. The van der Waals surface area contributed by atoms with E-state index in [1.54, 1.807) is 11.6 Å². The smallest absolute Gasteiger partial charge is 0.338 e. The van der Waals surface area contributed by atoms with E-state index in [-0.39, 0.29) is 29.0 Å². The molecule has 0 aliphatic rings. The van der Waals surface area contributed by atoms with Gasteiger partial charge in [0.1, 0.15) is 6.61 Å². The van der Waals surface area contributed by atoms with Crippen LogP contribution in [-0.2, 0) is 16.1 Å². The van der Waals surface area contributed by atoms with Crippen LogP contribution in [0, 0.1) is 10.1 Å². The maximum Gasteiger partial charge on any atom is 0.338 e.